The highest BCUT2D eigenvalue weighted by Gasteiger charge is 2.69. The van der Waals surface area contributed by atoms with Gasteiger partial charge in [-0.3, -0.25) is 0 Å². The predicted octanol–water partition coefficient (Wildman–Crippen LogP) is 0.888. The molecule has 0 radical (unpaired) electrons. The molecule has 1 aliphatic rings. The van der Waals surface area contributed by atoms with Crippen LogP contribution >= 0.6 is 0 Å². The Bertz CT molecular complexity index is 361. The van der Waals surface area contributed by atoms with E-state index in [9.17, 15) is 24.9 Å². The molecule has 1 saturated heterocycles. The molecular weight excluding hydrogens is 226 g/mol. The monoisotopic (exact) mass is 246 g/mol. The van der Waals surface area contributed by atoms with Crippen LogP contribution in [0.1, 0.15) is 34.1 Å². The number of quaternary nitrogens is 1. The molecule has 0 saturated carbocycles. The summed E-state index contributed by atoms with van der Waals surface area (Å²) in [6, 6.07) is 0. The van der Waals surface area contributed by atoms with Crippen molar-refractivity contribution in [2.45, 2.75) is 51.3 Å². The minimum Gasteiger partial charge on any atom is -0.477 e. The highest BCUT2D eigenvalue weighted by atomic mass is 16.4. The quantitative estimate of drug-likeness (QED) is 0.597. The van der Waals surface area contributed by atoms with Gasteiger partial charge in [-0.05, 0) is 20.8 Å². The van der Waals surface area contributed by atoms with E-state index in [0.29, 0.717) is 0 Å². The van der Waals surface area contributed by atoms with Crippen molar-refractivity contribution >= 4 is 12.1 Å². The highest BCUT2D eigenvalue weighted by molar-refractivity contribution is 5.80. The number of carboxylic acid groups (broad SMARTS) is 2. The van der Waals surface area contributed by atoms with E-state index in [1.165, 1.54) is 6.92 Å². The average molecular weight is 246 g/mol. The molecule has 1 unspecified atom stereocenters. The normalized spacial score (nSPS) is 38.1. The molecule has 1 fully saturated rings. The van der Waals surface area contributed by atoms with Crippen LogP contribution in [0.5, 0.6) is 0 Å². The predicted molar refractivity (Wildman–Crippen MR) is 59.6 cm³/mol. The molecule has 1 aliphatic heterocycles. The van der Waals surface area contributed by atoms with Crippen molar-refractivity contribution in [2.75, 3.05) is 6.54 Å². The summed E-state index contributed by atoms with van der Waals surface area (Å²) in [5.74, 6) is -1.19. The molecule has 0 aromatic rings. The standard InChI is InChI=1S/C11H19NO5/c1-10(2,3)12(9(16)17)6-7(13)5-11(12,4)8(14)15/h7,13H,5-6H2,1-4H3,(H-,14,15,16,17)/p+1/t7-,11-,12?/m1/s1. The molecule has 0 spiro atoms. The number of nitrogens with zero attached hydrogens (tertiary/aromatic N) is 1. The van der Waals surface area contributed by atoms with Crippen molar-refractivity contribution in [1.82, 2.24) is 0 Å². The highest BCUT2D eigenvalue weighted by Crippen LogP contribution is 2.44. The van der Waals surface area contributed by atoms with Crippen LogP contribution in [0.3, 0.4) is 0 Å². The van der Waals surface area contributed by atoms with Crippen molar-refractivity contribution in [2.24, 2.45) is 0 Å². The Balaban J connectivity index is 3.49. The third-order valence-electron chi connectivity index (χ3n) is 3.89. The van der Waals surface area contributed by atoms with Gasteiger partial charge in [0.1, 0.15) is 18.2 Å². The number of carboxylic acids is 1. The van der Waals surface area contributed by atoms with Crippen LogP contribution in [-0.2, 0) is 4.79 Å². The van der Waals surface area contributed by atoms with E-state index in [2.05, 4.69) is 0 Å². The maximum Gasteiger partial charge on any atom is 0.514 e. The van der Waals surface area contributed by atoms with Gasteiger partial charge in [-0.2, -0.15) is 4.79 Å². The van der Waals surface area contributed by atoms with Crippen molar-refractivity contribution in [1.29, 1.82) is 0 Å². The first-order chi connectivity index (χ1) is 7.49. The molecule has 1 amide bonds. The average Bonchev–Trinajstić information content (AvgIpc) is 2.38. The maximum atomic E-state index is 11.6. The van der Waals surface area contributed by atoms with E-state index in [0.717, 1.165) is 0 Å². The van der Waals surface area contributed by atoms with Gasteiger partial charge in [-0.25, -0.2) is 9.28 Å². The van der Waals surface area contributed by atoms with E-state index >= 15 is 0 Å². The molecule has 3 N–H and O–H groups in total. The molecule has 1 heterocycles. The van der Waals surface area contributed by atoms with Gasteiger partial charge in [-0.1, -0.05) is 0 Å². The largest absolute Gasteiger partial charge is 0.514 e. The van der Waals surface area contributed by atoms with Crippen LogP contribution in [0, 0.1) is 0 Å². The number of carbonyl (C=O) groups is 2. The van der Waals surface area contributed by atoms with E-state index in [1.54, 1.807) is 20.8 Å². The van der Waals surface area contributed by atoms with Gasteiger partial charge < -0.3 is 15.3 Å². The Hall–Kier alpha value is -1.14. The summed E-state index contributed by atoms with van der Waals surface area (Å²) in [7, 11) is 0. The zero-order valence-corrected chi connectivity index (χ0v) is 10.6. The Morgan fingerprint density at radius 3 is 2.00 bits per heavy atom. The fraction of sp³-hybridized carbons (Fsp3) is 0.818. The van der Waals surface area contributed by atoms with Gasteiger partial charge in [-0.15, -0.1) is 0 Å². The smallest absolute Gasteiger partial charge is 0.477 e. The fourth-order valence-corrected chi connectivity index (χ4v) is 3.04. The number of aliphatic carboxylic acids is 1. The third-order valence-corrected chi connectivity index (χ3v) is 3.89. The second-order valence-corrected chi connectivity index (χ2v) is 5.88. The lowest BCUT2D eigenvalue weighted by atomic mass is 9.90. The molecule has 1 rings (SSSR count). The minimum absolute atomic E-state index is 0.0497. The van der Waals surface area contributed by atoms with Gasteiger partial charge in [0, 0.05) is 13.3 Å². The number of amides is 1. The number of rotatable bonds is 1. The number of aliphatic hydroxyl groups is 1. The third kappa shape index (κ3) is 1.63. The van der Waals surface area contributed by atoms with Crippen molar-refractivity contribution in [3.05, 3.63) is 0 Å². The second-order valence-electron chi connectivity index (χ2n) is 5.88. The second kappa shape index (κ2) is 3.68. The van der Waals surface area contributed by atoms with Crippen molar-refractivity contribution < 1.29 is 29.4 Å². The van der Waals surface area contributed by atoms with Gasteiger partial charge in [0.05, 0.1) is 0 Å². The maximum absolute atomic E-state index is 11.6. The Labute approximate surface area is 100 Å². The van der Waals surface area contributed by atoms with E-state index in [4.69, 9.17) is 0 Å². The first-order valence-electron chi connectivity index (χ1n) is 5.52. The summed E-state index contributed by atoms with van der Waals surface area (Å²) in [5, 5.41) is 28.6. The molecular formula is C11H20NO5+. The van der Waals surface area contributed by atoms with Crippen LogP contribution in [0.25, 0.3) is 0 Å². The SMILES string of the molecule is CC(C)(C)[N+]1(C(=O)O)C[C@H](O)C[C@]1(C)C(=O)O. The first kappa shape index (κ1) is 13.9. The zero-order chi connectivity index (χ0) is 13.6. The Kier molecular flexibility index (Phi) is 3.01. The van der Waals surface area contributed by atoms with Crippen LogP contribution in [0.15, 0.2) is 0 Å². The molecule has 98 valence electrons. The molecule has 6 nitrogen and oxygen atoms in total. The Morgan fingerprint density at radius 1 is 1.29 bits per heavy atom. The zero-order valence-electron chi connectivity index (χ0n) is 10.6. The molecule has 17 heavy (non-hydrogen) atoms. The van der Waals surface area contributed by atoms with Crippen molar-refractivity contribution in [3.63, 3.8) is 0 Å². The molecule has 0 aliphatic carbocycles. The van der Waals surface area contributed by atoms with Gasteiger partial charge in [0.15, 0.2) is 0 Å². The van der Waals surface area contributed by atoms with Crippen LogP contribution < -0.4 is 0 Å². The topological polar surface area (TPSA) is 94.8 Å². The van der Waals surface area contributed by atoms with Gasteiger partial charge in [0.25, 0.3) is 0 Å². The van der Waals surface area contributed by atoms with Crippen LogP contribution in [-0.4, -0.2) is 55.6 Å². The van der Waals surface area contributed by atoms with Crippen LogP contribution in [0.4, 0.5) is 4.79 Å². The lowest BCUT2D eigenvalue weighted by molar-refractivity contribution is -0.929. The molecule has 0 bridgehead atoms. The van der Waals surface area contributed by atoms with E-state index in [1.807, 2.05) is 0 Å². The Morgan fingerprint density at radius 2 is 1.76 bits per heavy atom. The fourth-order valence-electron chi connectivity index (χ4n) is 3.04. The van der Waals surface area contributed by atoms with Gasteiger partial charge in [0.2, 0.25) is 5.54 Å². The molecule has 0 aromatic carbocycles. The van der Waals surface area contributed by atoms with Crippen molar-refractivity contribution in [3.8, 4) is 0 Å². The molecule has 3 atom stereocenters. The lowest BCUT2D eigenvalue weighted by Gasteiger charge is -2.48. The molecule has 0 aromatic heterocycles. The number of hydrogen-bond donors (Lipinski definition) is 3. The minimum atomic E-state index is -1.51. The summed E-state index contributed by atoms with van der Waals surface area (Å²) in [5.41, 5.74) is -2.32. The number of hydrogen-bond acceptors (Lipinski definition) is 3. The lowest BCUT2D eigenvalue weighted by Crippen LogP contribution is -2.73. The first-order valence-corrected chi connectivity index (χ1v) is 5.52. The van der Waals surface area contributed by atoms with Gasteiger partial charge >= 0.3 is 12.1 Å². The summed E-state index contributed by atoms with van der Waals surface area (Å²) in [6.07, 6.45) is -2.17. The summed E-state index contributed by atoms with van der Waals surface area (Å²) in [6.45, 7) is 6.35. The number of likely N-dealkylation sites (tertiary alicyclic amines) is 1. The summed E-state index contributed by atoms with van der Waals surface area (Å²) >= 11 is 0. The summed E-state index contributed by atoms with van der Waals surface area (Å²) in [4.78, 5) is 23.1. The van der Waals surface area contributed by atoms with Crippen LogP contribution in [0.2, 0.25) is 0 Å². The summed E-state index contributed by atoms with van der Waals surface area (Å²) < 4.78 is -0.656. The van der Waals surface area contributed by atoms with E-state index < -0.39 is 33.7 Å². The van der Waals surface area contributed by atoms with E-state index in [-0.39, 0.29) is 13.0 Å². The number of aliphatic hydroxyl groups excluding tert-OH is 1. The molecule has 6 heteroatoms.